The molecule has 5 heteroatoms. The molecular formula is C11H18N2O3. The second kappa shape index (κ2) is 6.42. The highest BCUT2D eigenvalue weighted by Gasteiger charge is 2.15. The van der Waals surface area contributed by atoms with E-state index in [0.29, 0.717) is 26.4 Å². The fraction of sp³-hybridized carbons (Fsp3) is 0.545. The first-order valence-electron chi connectivity index (χ1n) is 5.09. The van der Waals surface area contributed by atoms with Crippen LogP contribution in [0.1, 0.15) is 5.56 Å². The van der Waals surface area contributed by atoms with Crippen molar-refractivity contribution in [3.8, 4) is 5.75 Å². The number of hydrogen-bond acceptors (Lipinski definition) is 5. The van der Waals surface area contributed by atoms with Gasteiger partial charge in [-0.3, -0.25) is 4.98 Å². The lowest BCUT2D eigenvalue weighted by molar-refractivity contribution is -0.101. The molecule has 1 aromatic rings. The summed E-state index contributed by atoms with van der Waals surface area (Å²) >= 11 is 0. The van der Waals surface area contributed by atoms with Crippen molar-refractivity contribution in [2.45, 2.75) is 13.0 Å². The van der Waals surface area contributed by atoms with Gasteiger partial charge in [-0.15, -0.1) is 0 Å². The minimum atomic E-state index is 0. The Morgan fingerprint density at radius 3 is 3.06 bits per heavy atom. The van der Waals surface area contributed by atoms with Gasteiger partial charge >= 0.3 is 0 Å². The molecule has 0 radical (unpaired) electrons. The molecule has 0 bridgehead atoms. The van der Waals surface area contributed by atoms with Crippen molar-refractivity contribution in [1.29, 1.82) is 0 Å². The maximum atomic E-state index is 5.61. The molecule has 0 aliphatic carbocycles. The third kappa shape index (κ3) is 3.44. The van der Waals surface area contributed by atoms with Gasteiger partial charge in [-0.25, -0.2) is 0 Å². The van der Waals surface area contributed by atoms with E-state index in [9.17, 15) is 0 Å². The number of rotatable bonds is 3. The Labute approximate surface area is 95.3 Å². The van der Waals surface area contributed by atoms with Crippen molar-refractivity contribution >= 4 is 0 Å². The zero-order valence-electron chi connectivity index (χ0n) is 9.52. The molecule has 1 saturated heterocycles. The summed E-state index contributed by atoms with van der Waals surface area (Å²) < 4.78 is 16.4. The summed E-state index contributed by atoms with van der Waals surface area (Å²) in [6.45, 7) is 4.46. The summed E-state index contributed by atoms with van der Waals surface area (Å²) in [7, 11) is 0. The second-order valence-electron chi connectivity index (χ2n) is 3.52. The van der Waals surface area contributed by atoms with Crippen LogP contribution in [0, 0.1) is 6.92 Å². The summed E-state index contributed by atoms with van der Waals surface area (Å²) in [5, 5.41) is 0. The molecule has 1 fully saturated rings. The Morgan fingerprint density at radius 2 is 2.38 bits per heavy atom. The van der Waals surface area contributed by atoms with E-state index in [0.717, 1.165) is 11.3 Å². The van der Waals surface area contributed by atoms with Gasteiger partial charge < -0.3 is 20.4 Å². The molecule has 0 amide bonds. The SMILES string of the molecule is Cc1ccncc1OCC1COCCO1.N. The van der Waals surface area contributed by atoms with Gasteiger partial charge in [0.1, 0.15) is 18.5 Å². The summed E-state index contributed by atoms with van der Waals surface area (Å²) in [4.78, 5) is 4.01. The van der Waals surface area contributed by atoms with E-state index in [4.69, 9.17) is 14.2 Å². The van der Waals surface area contributed by atoms with Crippen molar-refractivity contribution in [1.82, 2.24) is 11.1 Å². The molecule has 2 heterocycles. The van der Waals surface area contributed by atoms with Crippen LogP contribution in [0.4, 0.5) is 0 Å². The average Bonchev–Trinajstić information content (AvgIpc) is 2.29. The highest BCUT2D eigenvalue weighted by Crippen LogP contribution is 2.15. The molecule has 1 unspecified atom stereocenters. The minimum absolute atomic E-state index is 0. The molecule has 90 valence electrons. The van der Waals surface area contributed by atoms with Crippen molar-refractivity contribution in [3.63, 3.8) is 0 Å². The van der Waals surface area contributed by atoms with Gasteiger partial charge in [-0.05, 0) is 18.6 Å². The van der Waals surface area contributed by atoms with Crippen LogP contribution < -0.4 is 10.9 Å². The maximum absolute atomic E-state index is 5.61. The summed E-state index contributed by atoms with van der Waals surface area (Å²) in [5.41, 5.74) is 1.08. The average molecular weight is 226 g/mol. The quantitative estimate of drug-likeness (QED) is 0.841. The van der Waals surface area contributed by atoms with Gasteiger partial charge in [-0.1, -0.05) is 0 Å². The molecule has 1 aliphatic heterocycles. The Kier molecular flexibility index (Phi) is 5.18. The van der Waals surface area contributed by atoms with Gasteiger partial charge in [-0.2, -0.15) is 0 Å². The van der Waals surface area contributed by atoms with Crippen LogP contribution in [0.15, 0.2) is 18.5 Å². The lowest BCUT2D eigenvalue weighted by Crippen LogP contribution is -2.33. The highest BCUT2D eigenvalue weighted by atomic mass is 16.6. The summed E-state index contributed by atoms with van der Waals surface area (Å²) in [6.07, 6.45) is 3.51. The van der Waals surface area contributed by atoms with Crippen molar-refractivity contribution in [3.05, 3.63) is 24.0 Å². The predicted octanol–water partition coefficient (Wildman–Crippen LogP) is 1.35. The highest BCUT2D eigenvalue weighted by molar-refractivity contribution is 5.27. The molecule has 1 aliphatic rings. The van der Waals surface area contributed by atoms with E-state index >= 15 is 0 Å². The molecule has 16 heavy (non-hydrogen) atoms. The van der Waals surface area contributed by atoms with Crippen LogP contribution in [0.2, 0.25) is 0 Å². The van der Waals surface area contributed by atoms with E-state index in [1.807, 2.05) is 13.0 Å². The molecule has 0 spiro atoms. The number of ether oxygens (including phenoxy) is 3. The van der Waals surface area contributed by atoms with Crippen molar-refractivity contribution < 1.29 is 14.2 Å². The van der Waals surface area contributed by atoms with E-state index in [1.54, 1.807) is 12.4 Å². The lowest BCUT2D eigenvalue weighted by Gasteiger charge is -2.23. The van der Waals surface area contributed by atoms with E-state index < -0.39 is 0 Å². The predicted molar refractivity (Wildman–Crippen MR) is 60.1 cm³/mol. The third-order valence-electron chi connectivity index (χ3n) is 2.30. The molecule has 1 atom stereocenters. The molecular weight excluding hydrogens is 208 g/mol. The topological polar surface area (TPSA) is 75.6 Å². The van der Waals surface area contributed by atoms with Crippen LogP contribution >= 0.6 is 0 Å². The van der Waals surface area contributed by atoms with Crippen LogP contribution in [0.25, 0.3) is 0 Å². The number of aryl methyl sites for hydroxylation is 1. The molecule has 3 N–H and O–H groups in total. The first-order valence-corrected chi connectivity index (χ1v) is 5.09. The standard InChI is InChI=1S/C11H15NO3.H3N/c1-9-2-3-12-6-11(9)15-8-10-7-13-4-5-14-10;/h2-3,6,10H,4-5,7-8H2,1H3;1H3. The number of hydrogen-bond donors (Lipinski definition) is 1. The Hall–Kier alpha value is -1.17. The molecule has 5 nitrogen and oxygen atoms in total. The molecule has 1 aromatic heterocycles. The van der Waals surface area contributed by atoms with E-state index in [2.05, 4.69) is 4.98 Å². The molecule has 0 aromatic carbocycles. The number of pyridine rings is 1. The lowest BCUT2D eigenvalue weighted by atomic mass is 10.3. The van der Waals surface area contributed by atoms with Crippen LogP contribution in [0.3, 0.4) is 0 Å². The van der Waals surface area contributed by atoms with Crippen molar-refractivity contribution in [2.75, 3.05) is 26.4 Å². The van der Waals surface area contributed by atoms with Crippen molar-refractivity contribution in [2.24, 2.45) is 0 Å². The summed E-state index contributed by atoms with van der Waals surface area (Å²) in [5.74, 6) is 0.812. The van der Waals surface area contributed by atoms with Gasteiger partial charge in [0.2, 0.25) is 0 Å². The van der Waals surface area contributed by atoms with Crippen LogP contribution in [-0.4, -0.2) is 37.5 Å². The third-order valence-corrected chi connectivity index (χ3v) is 2.30. The van der Waals surface area contributed by atoms with E-state index in [1.165, 1.54) is 0 Å². The zero-order valence-corrected chi connectivity index (χ0v) is 9.52. The second-order valence-corrected chi connectivity index (χ2v) is 3.52. The van der Waals surface area contributed by atoms with Gasteiger partial charge in [0.25, 0.3) is 0 Å². The smallest absolute Gasteiger partial charge is 0.140 e. The minimum Gasteiger partial charge on any atom is -0.489 e. The fourth-order valence-electron chi connectivity index (χ4n) is 1.42. The largest absolute Gasteiger partial charge is 0.489 e. The van der Waals surface area contributed by atoms with Gasteiger partial charge in [0.05, 0.1) is 26.0 Å². The normalized spacial score (nSPS) is 19.9. The monoisotopic (exact) mass is 226 g/mol. The van der Waals surface area contributed by atoms with Gasteiger partial charge in [0.15, 0.2) is 0 Å². The summed E-state index contributed by atoms with van der Waals surface area (Å²) in [6, 6.07) is 1.92. The Balaban J connectivity index is 0.00000128. The first-order chi connectivity index (χ1) is 7.36. The number of aromatic nitrogens is 1. The molecule has 0 saturated carbocycles. The van der Waals surface area contributed by atoms with E-state index in [-0.39, 0.29) is 12.3 Å². The maximum Gasteiger partial charge on any atom is 0.140 e. The Bertz CT molecular complexity index is 314. The van der Waals surface area contributed by atoms with Crippen LogP contribution in [-0.2, 0) is 9.47 Å². The fourth-order valence-corrected chi connectivity index (χ4v) is 1.42. The number of nitrogens with zero attached hydrogens (tertiary/aromatic N) is 1. The Morgan fingerprint density at radius 1 is 1.50 bits per heavy atom. The first kappa shape index (κ1) is 12.9. The van der Waals surface area contributed by atoms with Gasteiger partial charge in [0, 0.05) is 6.20 Å². The molecule has 2 rings (SSSR count). The zero-order chi connectivity index (χ0) is 10.5. The van der Waals surface area contributed by atoms with Crippen LogP contribution in [0.5, 0.6) is 5.75 Å².